The number of fused-ring (bicyclic) bond motifs is 1. The molecule has 0 fully saturated rings. The Kier molecular flexibility index (Phi) is 4.33. The fourth-order valence-electron chi connectivity index (χ4n) is 3.14. The van der Waals surface area contributed by atoms with Crippen LogP contribution in [0.2, 0.25) is 5.02 Å². The third-order valence-electron chi connectivity index (χ3n) is 4.33. The minimum atomic E-state index is 0.732. The second-order valence-corrected chi connectivity index (χ2v) is 7.22. The summed E-state index contributed by atoms with van der Waals surface area (Å²) in [5.74, 6) is 1.10. The summed E-state index contributed by atoms with van der Waals surface area (Å²) in [4.78, 5) is 0. The van der Waals surface area contributed by atoms with Crippen LogP contribution in [-0.2, 0) is 6.42 Å². The molecule has 0 radical (unpaired) electrons. The Morgan fingerprint density at radius 2 is 1.83 bits per heavy atom. The predicted molar refractivity (Wildman–Crippen MR) is 103 cm³/mol. The van der Waals surface area contributed by atoms with Crippen molar-refractivity contribution in [2.75, 3.05) is 11.9 Å². The normalized spacial score (nSPS) is 13.9. The lowest BCUT2D eigenvalue weighted by atomic mass is 10.0. The van der Waals surface area contributed by atoms with Gasteiger partial charge in [-0.05, 0) is 49.6 Å². The van der Waals surface area contributed by atoms with E-state index in [9.17, 15) is 0 Å². The van der Waals surface area contributed by atoms with Gasteiger partial charge in [0.15, 0.2) is 0 Å². The molecule has 0 aliphatic carbocycles. The minimum absolute atomic E-state index is 0.732. The van der Waals surface area contributed by atoms with E-state index in [1.807, 2.05) is 35.0 Å². The molecule has 0 amide bonds. The first-order valence-electron chi connectivity index (χ1n) is 8.10. The third-order valence-corrected chi connectivity index (χ3v) is 5.27. The van der Waals surface area contributed by atoms with E-state index in [-0.39, 0.29) is 0 Å². The van der Waals surface area contributed by atoms with Crippen molar-refractivity contribution in [2.24, 2.45) is 0 Å². The maximum Gasteiger partial charge on any atom is 0.133 e. The van der Waals surface area contributed by atoms with Crippen molar-refractivity contribution in [1.29, 1.82) is 0 Å². The van der Waals surface area contributed by atoms with Crippen LogP contribution in [-0.4, -0.2) is 16.3 Å². The number of hydrogen-bond donors (Lipinski definition) is 1. The Balaban J connectivity index is 1.92. The van der Waals surface area contributed by atoms with Gasteiger partial charge in [-0.25, -0.2) is 4.68 Å². The topological polar surface area (TPSA) is 29.9 Å². The number of aromatic nitrogens is 2. The van der Waals surface area contributed by atoms with E-state index in [0.717, 1.165) is 45.2 Å². The summed E-state index contributed by atoms with van der Waals surface area (Å²) >= 11 is 9.71. The highest BCUT2D eigenvalue weighted by atomic mass is 79.9. The molecule has 4 rings (SSSR count). The quantitative estimate of drug-likeness (QED) is 0.595. The molecule has 1 aliphatic rings. The summed E-state index contributed by atoms with van der Waals surface area (Å²) in [7, 11) is 0. The van der Waals surface area contributed by atoms with Crippen molar-refractivity contribution < 1.29 is 0 Å². The van der Waals surface area contributed by atoms with E-state index in [1.54, 1.807) is 0 Å². The molecule has 0 atom stereocenters. The van der Waals surface area contributed by atoms with E-state index >= 15 is 0 Å². The molecule has 3 aromatic rings. The molecule has 122 valence electrons. The fraction of sp³-hybridized carbons (Fsp3) is 0.211. The maximum atomic E-state index is 6.04. The number of nitrogens with one attached hydrogen (secondary N) is 1. The van der Waals surface area contributed by atoms with Crippen LogP contribution in [0.4, 0.5) is 5.82 Å². The zero-order chi connectivity index (χ0) is 16.5. The fourth-order valence-corrected chi connectivity index (χ4v) is 3.74. The molecule has 5 heteroatoms. The number of anilines is 1. The molecule has 0 spiro atoms. The van der Waals surface area contributed by atoms with Crippen LogP contribution in [0.3, 0.4) is 0 Å². The van der Waals surface area contributed by atoms with Crippen molar-refractivity contribution in [3.63, 3.8) is 0 Å². The highest BCUT2D eigenvalue weighted by Gasteiger charge is 2.22. The van der Waals surface area contributed by atoms with Gasteiger partial charge in [-0.3, -0.25) is 0 Å². The minimum Gasteiger partial charge on any atom is -0.370 e. The highest BCUT2D eigenvalue weighted by molar-refractivity contribution is 9.10. The van der Waals surface area contributed by atoms with Gasteiger partial charge >= 0.3 is 0 Å². The second-order valence-electron chi connectivity index (χ2n) is 5.93. The van der Waals surface area contributed by atoms with Gasteiger partial charge in [0.1, 0.15) is 5.82 Å². The number of benzene rings is 2. The van der Waals surface area contributed by atoms with Crippen molar-refractivity contribution in [3.05, 3.63) is 63.6 Å². The molecule has 1 aromatic heterocycles. The standard InChI is InChI=1S/C19H17BrClN3/c20-17-7-2-1-5-15(17)18-16-6-3-4-12-22-19(16)24(23-18)14-10-8-13(21)9-11-14/h1-2,5,7-11,22H,3-4,6,12H2. The number of nitrogens with zero attached hydrogens (tertiary/aromatic N) is 2. The number of hydrogen-bond acceptors (Lipinski definition) is 2. The number of rotatable bonds is 2. The summed E-state index contributed by atoms with van der Waals surface area (Å²) in [5, 5.41) is 9.25. The Labute approximate surface area is 154 Å². The van der Waals surface area contributed by atoms with Crippen LogP contribution < -0.4 is 5.32 Å². The maximum absolute atomic E-state index is 6.04. The lowest BCUT2D eigenvalue weighted by Crippen LogP contribution is -2.07. The van der Waals surface area contributed by atoms with Crippen LogP contribution in [0.15, 0.2) is 53.0 Å². The average molecular weight is 403 g/mol. The van der Waals surface area contributed by atoms with Gasteiger partial charge in [-0.2, -0.15) is 5.10 Å². The molecule has 2 heterocycles. The van der Waals surface area contributed by atoms with Crippen LogP contribution >= 0.6 is 27.5 Å². The first kappa shape index (κ1) is 15.7. The van der Waals surface area contributed by atoms with Crippen molar-refractivity contribution in [3.8, 4) is 16.9 Å². The molecule has 24 heavy (non-hydrogen) atoms. The van der Waals surface area contributed by atoms with Crippen molar-refractivity contribution in [2.45, 2.75) is 19.3 Å². The van der Waals surface area contributed by atoms with Crippen molar-refractivity contribution in [1.82, 2.24) is 9.78 Å². The molecule has 0 bridgehead atoms. The number of halogens is 2. The van der Waals surface area contributed by atoms with E-state index < -0.39 is 0 Å². The zero-order valence-electron chi connectivity index (χ0n) is 13.1. The van der Waals surface area contributed by atoms with Gasteiger partial charge in [0.05, 0.1) is 11.4 Å². The van der Waals surface area contributed by atoms with E-state index in [1.165, 1.54) is 18.4 Å². The van der Waals surface area contributed by atoms with Crippen LogP contribution in [0, 0.1) is 0 Å². The Morgan fingerprint density at radius 3 is 2.62 bits per heavy atom. The Morgan fingerprint density at radius 1 is 1.04 bits per heavy atom. The third kappa shape index (κ3) is 2.85. The molecule has 0 saturated carbocycles. The molecular weight excluding hydrogens is 386 g/mol. The summed E-state index contributed by atoms with van der Waals surface area (Å²) in [6, 6.07) is 16.1. The van der Waals surface area contributed by atoms with E-state index in [0.29, 0.717) is 0 Å². The van der Waals surface area contributed by atoms with Gasteiger partial charge in [0, 0.05) is 27.2 Å². The van der Waals surface area contributed by atoms with Gasteiger partial charge in [0.2, 0.25) is 0 Å². The molecule has 0 unspecified atom stereocenters. The second kappa shape index (κ2) is 6.61. The highest BCUT2D eigenvalue weighted by Crippen LogP contribution is 2.36. The summed E-state index contributed by atoms with van der Waals surface area (Å²) < 4.78 is 3.07. The molecule has 3 nitrogen and oxygen atoms in total. The van der Waals surface area contributed by atoms with E-state index in [2.05, 4.69) is 39.4 Å². The van der Waals surface area contributed by atoms with Gasteiger partial charge in [0.25, 0.3) is 0 Å². The van der Waals surface area contributed by atoms with Crippen LogP contribution in [0.5, 0.6) is 0 Å². The first-order valence-corrected chi connectivity index (χ1v) is 9.28. The summed E-state index contributed by atoms with van der Waals surface area (Å²) in [5.41, 5.74) is 4.48. The van der Waals surface area contributed by atoms with E-state index in [4.69, 9.17) is 16.7 Å². The SMILES string of the molecule is Clc1ccc(-n2nc(-c3ccccc3Br)c3c2NCCCC3)cc1. The van der Waals surface area contributed by atoms with Crippen molar-refractivity contribution >= 4 is 33.3 Å². The lowest BCUT2D eigenvalue weighted by Gasteiger charge is -2.09. The lowest BCUT2D eigenvalue weighted by molar-refractivity contribution is 0.780. The molecule has 2 aromatic carbocycles. The Bertz CT molecular complexity index is 871. The smallest absolute Gasteiger partial charge is 0.133 e. The molecule has 1 N–H and O–H groups in total. The molecule has 1 aliphatic heterocycles. The predicted octanol–water partition coefficient (Wildman–Crippen LogP) is 5.70. The average Bonchev–Trinajstić information content (AvgIpc) is 2.78. The largest absolute Gasteiger partial charge is 0.370 e. The summed E-state index contributed by atoms with van der Waals surface area (Å²) in [6.45, 7) is 0.974. The van der Waals surface area contributed by atoms with Gasteiger partial charge in [-0.1, -0.05) is 45.7 Å². The zero-order valence-corrected chi connectivity index (χ0v) is 15.4. The van der Waals surface area contributed by atoms with Crippen LogP contribution in [0.1, 0.15) is 18.4 Å². The van der Waals surface area contributed by atoms with Gasteiger partial charge < -0.3 is 5.32 Å². The first-order chi connectivity index (χ1) is 11.7. The van der Waals surface area contributed by atoms with Crippen LogP contribution in [0.25, 0.3) is 16.9 Å². The Hall–Kier alpha value is -1.78. The molecular formula is C19H17BrClN3. The van der Waals surface area contributed by atoms with Gasteiger partial charge in [-0.15, -0.1) is 0 Å². The molecule has 0 saturated heterocycles. The monoisotopic (exact) mass is 401 g/mol. The summed E-state index contributed by atoms with van der Waals surface area (Å²) in [6.07, 6.45) is 3.38.